The molecule has 24 heavy (non-hydrogen) atoms. The number of nitrogens with zero attached hydrogens (tertiary/aromatic N) is 5. The van der Waals surface area contributed by atoms with Crippen molar-refractivity contribution in [2.75, 3.05) is 24.7 Å². The second kappa shape index (κ2) is 6.36. The Labute approximate surface area is 136 Å². The Morgan fingerprint density at radius 3 is 2.83 bits per heavy atom. The number of rotatable bonds is 4. The van der Waals surface area contributed by atoms with Gasteiger partial charge in [0.25, 0.3) is 0 Å². The van der Waals surface area contributed by atoms with Crippen LogP contribution in [0.15, 0.2) is 30.5 Å². The molecule has 0 saturated heterocycles. The van der Waals surface area contributed by atoms with Crippen LogP contribution in [0.5, 0.6) is 0 Å². The number of nitrogens with one attached hydrogen (secondary N) is 3. The maximum absolute atomic E-state index is 12.1. The van der Waals surface area contributed by atoms with Gasteiger partial charge >= 0.3 is 6.03 Å². The fraction of sp³-hybridized carbons (Fsp3) is 0.214. The minimum Gasteiger partial charge on any atom is -0.331 e. The van der Waals surface area contributed by atoms with E-state index in [1.54, 1.807) is 14.1 Å². The van der Waals surface area contributed by atoms with Crippen molar-refractivity contribution in [3.8, 4) is 0 Å². The molecular weight excluding hydrogens is 312 g/mol. The summed E-state index contributed by atoms with van der Waals surface area (Å²) in [5.41, 5.74) is 0.832. The molecule has 10 nitrogen and oxygen atoms in total. The lowest BCUT2D eigenvalue weighted by atomic mass is 10.2. The molecule has 0 bridgehead atoms. The van der Waals surface area contributed by atoms with E-state index in [0.717, 1.165) is 10.9 Å². The number of carbonyl (C=O) groups excluding carboxylic acids is 2. The van der Waals surface area contributed by atoms with Gasteiger partial charge in [0.05, 0.1) is 11.7 Å². The van der Waals surface area contributed by atoms with Crippen LogP contribution in [0.1, 0.15) is 0 Å². The maximum atomic E-state index is 12.1. The van der Waals surface area contributed by atoms with Gasteiger partial charge in [-0.25, -0.2) is 4.79 Å². The molecule has 0 radical (unpaired) electrons. The summed E-state index contributed by atoms with van der Waals surface area (Å²) in [7, 11) is 3.23. The fourth-order valence-corrected chi connectivity index (χ4v) is 2.01. The third kappa shape index (κ3) is 3.32. The van der Waals surface area contributed by atoms with Crippen molar-refractivity contribution >= 4 is 34.5 Å². The minimum absolute atomic E-state index is 0.0982. The molecule has 0 aliphatic rings. The summed E-state index contributed by atoms with van der Waals surface area (Å²) in [5, 5.41) is 20.9. The molecule has 2 heterocycles. The van der Waals surface area contributed by atoms with Gasteiger partial charge in [-0.05, 0) is 12.1 Å². The second-order valence-corrected chi connectivity index (χ2v) is 5.25. The standard InChI is InChI=1S/C14H16N8O2/c1-21(2)14(24)16-11-7-15-22(20-11)8-12(23)17-13-9-5-3-4-6-10(9)18-19-13/h3-7H,8H2,1-2H3,(H,16,20,24)(H2,17,18,19,23). The summed E-state index contributed by atoms with van der Waals surface area (Å²) in [6.07, 6.45) is 1.37. The smallest absolute Gasteiger partial charge is 0.322 e. The van der Waals surface area contributed by atoms with E-state index >= 15 is 0 Å². The number of amides is 3. The van der Waals surface area contributed by atoms with Crippen molar-refractivity contribution in [2.45, 2.75) is 6.54 Å². The van der Waals surface area contributed by atoms with Gasteiger partial charge in [0.1, 0.15) is 6.54 Å². The van der Waals surface area contributed by atoms with E-state index < -0.39 is 0 Å². The third-order valence-electron chi connectivity index (χ3n) is 3.19. The Hall–Kier alpha value is -3.43. The van der Waals surface area contributed by atoms with Crippen LogP contribution in [0.4, 0.5) is 16.4 Å². The van der Waals surface area contributed by atoms with E-state index in [9.17, 15) is 9.59 Å². The summed E-state index contributed by atoms with van der Waals surface area (Å²) in [6, 6.07) is 7.14. The van der Waals surface area contributed by atoms with Crippen LogP contribution < -0.4 is 10.6 Å². The molecule has 2 aromatic heterocycles. The van der Waals surface area contributed by atoms with Crippen LogP contribution >= 0.6 is 0 Å². The molecule has 0 spiro atoms. The predicted molar refractivity (Wildman–Crippen MR) is 87.5 cm³/mol. The summed E-state index contributed by atoms with van der Waals surface area (Å²) < 4.78 is 0. The van der Waals surface area contributed by atoms with Gasteiger partial charge in [-0.15, -0.1) is 5.10 Å². The van der Waals surface area contributed by atoms with Crippen molar-refractivity contribution in [3.63, 3.8) is 0 Å². The van der Waals surface area contributed by atoms with E-state index in [1.807, 2.05) is 24.3 Å². The monoisotopic (exact) mass is 328 g/mol. The number of anilines is 2. The van der Waals surface area contributed by atoms with Gasteiger partial charge in [0.2, 0.25) is 5.91 Å². The Kier molecular flexibility index (Phi) is 4.10. The maximum Gasteiger partial charge on any atom is 0.322 e. The molecule has 3 aromatic rings. The van der Waals surface area contributed by atoms with E-state index in [4.69, 9.17) is 0 Å². The number of hydrogen-bond donors (Lipinski definition) is 3. The topological polar surface area (TPSA) is 121 Å². The Bertz CT molecular complexity index is 882. The Morgan fingerprint density at radius 1 is 1.25 bits per heavy atom. The van der Waals surface area contributed by atoms with Gasteiger partial charge in [-0.2, -0.15) is 15.0 Å². The molecule has 3 N–H and O–H groups in total. The van der Waals surface area contributed by atoms with Gasteiger partial charge in [-0.1, -0.05) is 12.1 Å². The molecular formula is C14H16N8O2. The first kappa shape index (κ1) is 15.5. The van der Waals surface area contributed by atoms with Crippen LogP contribution in [0.25, 0.3) is 10.9 Å². The largest absolute Gasteiger partial charge is 0.331 e. The number of fused-ring (bicyclic) bond motifs is 1. The molecule has 3 rings (SSSR count). The first-order valence-corrected chi connectivity index (χ1v) is 7.14. The first-order chi connectivity index (χ1) is 11.5. The summed E-state index contributed by atoms with van der Waals surface area (Å²) in [4.78, 5) is 26.2. The fourth-order valence-electron chi connectivity index (χ4n) is 2.01. The number of urea groups is 1. The van der Waals surface area contributed by atoms with Gasteiger partial charge < -0.3 is 10.2 Å². The minimum atomic E-state index is -0.326. The predicted octanol–water partition coefficient (Wildman–Crippen LogP) is 0.887. The lowest BCUT2D eigenvalue weighted by Gasteiger charge is -2.09. The molecule has 3 amide bonds. The summed E-state index contributed by atoms with van der Waals surface area (Å²) in [5.74, 6) is 0.393. The van der Waals surface area contributed by atoms with Crippen molar-refractivity contribution in [1.29, 1.82) is 0 Å². The van der Waals surface area contributed by atoms with Crippen LogP contribution in [0, 0.1) is 0 Å². The van der Waals surface area contributed by atoms with Crippen LogP contribution in [-0.2, 0) is 11.3 Å². The highest BCUT2D eigenvalue weighted by atomic mass is 16.2. The number of para-hydroxylation sites is 1. The SMILES string of the molecule is CN(C)C(=O)Nc1cnn(CC(=O)Nc2n[nH]c3ccccc23)n1. The average Bonchev–Trinajstić information content (AvgIpc) is 3.15. The molecule has 0 unspecified atom stereocenters. The first-order valence-electron chi connectivity index (χ1n) is 7.14. The molecule has 124 valence electrons. The second-order valence-electron chi connectivity index (χ2n) is 5.25. The van der Waals surface area contributed by atoms with Gasteiger partial charge in [0.15, 0.2) is 11.6 Å². The molecule has 0 fully saturated rings. The number of hydrogen-bond acceptors (Lipinski definition) is 5. The zero-order chi connectivity index (χ0) is 17.1. The number of benzene rings is 1. The highest BCUT2D eigenvalue weighted by Gasteiger charge is 2.12. The Balaban J connectivity index is 1.63. The van der Waals surface area contributed by atoms with Crippen molar-refractivity contribution in [1.82, 2.24) is 30.1 Å². The highest BCUT2D eigenvalue weighted by Crippen LogP contribution is 2.19. The van der Waals surface area contributed by atoms with Crippen molar-refractivity contribution in [3.05, 3.63) is 30.5 Å². The number of H-pyrrole nitrogens is 1. The zero-order valence-electron chi connectivity index (χ0n) is 13.1. The molecule has 1 aromatic carbocycles. The molecule has 0 aliphatic heterocycles. The average molecular weight is 328 g/mol. The lowest BCUT2D eigenvalue weighted by Crippen LogP contribution is -2.27. The molecule has 10 heteroatoms. The van der Waals surface area contributed by atoms with Crippen molar-refractivity contribution < 1.29 is 9.59 Å². The van der Waals surface area contributed by atoms with Crippen molar-refractivity contribution in [2.24, 2.45) is 0 Å². The normalized spacial score (nSPS) is 10.6. The van der Waals surface area contributed by atoms with E-state index in [0.29, 0.717) is 5.82 Å². The van der Waals surface area contributed by atoms with Crippen LogP contribution in [0.2, 0.25) is 0 Å². The number of carbonyl (C=O) groups is 2. The zero-order valence-corrected chi connectivity index (χ0v) is 13.1. The third-order valence-corrected chi connectivity index (χ3v) is 3.19. The molecule has 0 aliphatic carbocycles. The quantitative estimate of drug-likeness (QED) is 0.656. The summed E-state index contributed by atoms with van der Waals surface area (Å²) >= 11 is 0. The van der Waals surface area contributed by atoms with Gasteiger partial charge in [0, 0.05) is 19.5 Å². The summed E-state index contributed by atoms with van der Waals surface area (Å²) in [6.45, 7) is -0.0982. The van der Waals surface area contributed by atoms with Crippen LogP contribution in [0.3, 0.4) is 0 Å². The van der Waals surface area contributed by atoms with E-state index in [1.165, 1.54) is 15.9 Å². The van der Waals surface area contributed by atoms with E-state index in [2.05, 4.69) is 31.0 Å². The van der Waals surface area contributed by atoms with Gasteiger partial charge in [-0.3, -0.25) is 15.2 Å². The molecule has 0 saturated carbocycles. The lowest BCUT2D eigenvalue weighted by molar-refractivity contribution is -0.117. The molecule has 0 atom stereocenters. The number of aromatic amines is 1. The Morgan fingerprint density at radius 2 is 2.04 bits per heavy atom. The number of aromatic nitrogens is 5. The highest BCUT2D eigenvalue weighted by molar-refractivity contribution is 5.99. The van der Waals surface area contributed by atoms with Crippen LogP contribution in [-0.4, -0.2) is 56.1 Å². The van der Waals surface area contributed by atoms with E-state index in [-0.39, 0.29) is 24.3 Å².